The quantitative estimate of drug-likeness (QED) is 0.500. The van der Waals surface area contributed by atoms with Crippen LogP contribution in [0.1, 0.15) is 13.8 Å². The van der Waals surface area contributed by atoms with Gasteiger partial charge in [-0.3, -0.25) is 4.79 Å². The van der Waals surface area contributed by atoms with Crippen LogP contribution < -0.4 is 0 Å². The Morgan fingerprint density at radius 1 is 1.62 bits per heavy atom. The van der Waals surface area contributed by atoms with E-state index in [0.717, 1.165) is 6.41 Å². The summed E-state index contributed by atoms with van der Waals surface area (Å²) in [5, 5.41) is 0. The van der Waals surface area contributed by atoms with Gasteiger partial charge in [-0.1, -0.05) is 6.58 Å². The summed E-state index contributed by atoms with van der Waals surface area (Å²) in [6, 6.07) is 0.227. The Morgan fingerprint density at radius 2 is 2.12 bits per heavy atom. The molecular formula is C6H11NO. The summed E-state index contributed by atoms with van der Waals surface area (Å²) < 4.78 is 0. The zero-order valence-corrected chi connectivity index (χ0v) is 5.29. The molecule has 0 aromatic heterocycles. The van der Waals surface area contributed by atoms with Crippen LogP contribution in [0.2, 0.25) is 0 Å². The van der Waals surface area contributed by atoms with Gasteiger partial charge in [0.15, 0.2) is 0 Å². The molecular weight excluding hydrogens is 102 g/mol. The van der Waals surface area contributed by atoms with Gasteiger partial charge in [-0.2, -0.15) is 0 Å². The molecule has 0 saturated heterocycles. The second kappa shape index (κ2) is 3.24. The molecule has 0 radical (unpaired) electrons. The van der Waals surface area contributed by atoms with Gasteiger partial charge < -0.3 is 4.90 Å². The standard InChI is InChI=1S/C6H11NO/c1-4-7(5-8)6(2)3/h4-6H,1H2,2-3H3. The highest BCUT2D eigenvalue weighted by atomic mass is 16.1. The summed E-state index contributed by atoms with van der Waals surface area (Å²) in [4.78, 5) is 11.5. The molecule has 2 nitrogen and oxygen atoms in total. The van der Waals surface area contributed by atoms with E-state index >= 15 is 0 Å². The van der Waals surface area contributed by atoms with Crippen LogP contribution >= 0.6 is 0 Å². The second-order valence-electron chi connectivity index (χ2n) is 1.83. The Labute approximate surface area is 49.8 Å². The van der Waals surface area contributed by atoms with Crippen LogP contribution in [-0.4, -0.2) is 17.4 Å². The fourth-order valence-corrected chi connectivity index (χ4v) is 0.376. The molecule has 0 aliphatic heterocycles. The second-order valence-corrected chi connectivity index (χ2v) is 1.83. The molecule has 46 valence electrons. The van der Waals surface area contributed by atoms with Crippen LogP contribution in [0.4, 0.5) is 0 Å². The number of carbonyl (C=O) groups excluding carboxylic acids is 1. The van der Waals surface area contributed by atoms with E-state index in [0.29, 0.717) is 0 Å². The first-order chi connectivity index (χ1) is 3.72. The van der Waals surface area contributed by atoms with E-state index in [1.54, 1.807) is 0 Å². The Bertz CT molecular complexity index is 80.5. The third-order valence-corrected chi connectivity index (χ3v) is 0.929. The average molecular weight is 113 g/mol. The molecule has 0 bridgehead atoms. The lowest BCUT2D eigenvalue weighted by Gasteiger charge is -2.14. The first-order valence-electron chi connectivity index (χ1n) is 2.57. The smallest absolute Gasteiger partial charge is 0.213 e. The summed E-state index contributed by atoms with van der Waals surface area (Å²) in [7, 11) is 0. The number of carbonyl (C=O) groups is 1. The van der Waals surface area contributed by atoms with Crippen LogP contribution in [0.3, 0.4) is 0 Å². The summed E-state index contributed by atoms with van der Waals surface area (Å²) in [6.07, 6.45) is 2.27. The lowest BCUT2D eigenvalue weighted by molar-refractivity contribution is -0.117. The van der Waals surface area contributed by atoms with E-state index in [1.807, 2.05) is 13.8 Å². The first kappa shape index (κ1) is 7.21. The third kappa shape index (κ3) is 1.78. The lowest BCUT2D eigenvalue weighted by atomic mass is 10.4. The van der Waals surface area contributed by atoms with Crippen LogP contribution in [0.25, 0.3) is 0 Å². The summed E-state index contributed by atoms with van der Waals surface area (Å²) in [5.74, 6) is 0. The van der Waals surface area contributed by atoms with Gasteiger partial charge in [0.05, 0.1) is 0 Å². The molecule has 0 spiro atoms. The van der Waals surface area contributed by atoms with Gasteiger partial charge in [0.2, 0.25) is 6.41 Å². The molecule has 0 aliphatic rings. The molecule has 0 rings (SSSR count). The third-order valence-electron chi connectivity index (χ3n) is 0.929. The zero-order valence-electron chi connectivity index (χ0n) is 5.29. The van der Waals surface area contributed by atoms with Crippen LogP contribution in [0.5, 0.6) is 0 Å². The Balaban J connectivity index is 3.68. The Morgan fingerprint density at radius 3 is 2.12 bits per heavy atom. The Hall–Kier alpha value is -0.790. The van der Waals surface area contributed by atoms with Crippen LogP contribution in [-0.2, 0) is 4.79 Å². The summed E-state index contributed by atoms with van der Waals surface area (Å²) in [5.41, 5.74) is 0. The Kier molecular flexibility index (Phi) is 2.92. The predicted molar refractivity (Wildman–Crippen MR) is 33.2 cm³/mol. The van der Waals surface area contributed by atoms with Crippen molar-refractivity contribution in [2.75, 3.05) is 0 Å². The normalized spacial score (nSPS) is 8.88. The maximum atomic E-state index is 10.0. The number of rotatable bonds is 3. The molecule has 0 aromatic carbocycles. The molecule has 0 atom stereocenters. The van der Waals surface area contributed by atoms with Gasteiger partial charge >= 0.3 is 0 Å². The van der Waals surface area contributed by atoms with Gasteiger partial charge in [0.1, 0.15) is 0 Å². The highest BCUT2D eigenvalue weighted by Gasteiger charge is 1.97. The topological polar surface area (TPSA) is 20.3 Å². The SMILES string of the molecule is C=CN(C=O)C(C)C. The molecule has 0 aromatic rings. The molecule has 0 heterocycles. The van der Waals surface area contributed by atoms with Crippen molar-refractivity contribution in [3.63, 3.8) is 0 Å². The fourth-order valence-electron chi connectivity index (χ4n) is 0.376. The van der Waals surface area contributed by atoms with Crippen molar-refractivity contribution in [2.45, 2.75) is 19.9 Å². The minimum Gasteiger partial charge on any atom is -0.320 e. The number of amides is 1. The molecule has 0 saturated carbocycles. The monoisotopic (exact) mass is 113 g/mol. The van der Waals surface area contributed by atoms with Crippen molar-refractivity contribution < 1.29 is 4.79 Å². The minimum absolute atomic E-state index is 0.227. The zero-order chi connectivity index (χ0) is 6.57. The maximum absolute atomic E-state index is 10.0. The highest BCUT2D eigenvalue weighted by molar-refractivity contribution is 5.49. The van der Waals surface area contributed by atoms with Crippen LogP contribution in [0.15, 0.2) is 12.8 Å². The van der Waals surface area contributed by atoms with Crippen molar-refractivity contribution >= 4 is 6.41 Å². The van der Waals surface area contributed by atoms with E-state index in [-0.39, 0.29) is 6.04 Å². The molecule has 8 heavy (non-hydrogen) atoms. The van der Waals surface area contributed by atoms with E-state index in [2.05, 4.69) is 6.58 Å². The first-order valence-corrected chi connectivity index (χ1v) is 2.57. The largest absolute Gasteiger partial charge is 0.320 e. The molecule has 0 unspecified atom stereocenters. The fraction of sp³-hybridized carbons (Fsp3) is 0.500. The van der Waals surface area contributed by atoms with Crippen LogP contribution in [0, 0.1) is 0 Å². The predicted octanol–water partition coefficient (Wildman–Crippen LogP) is 0.997. The lowest BCUT2D eigenvalue weighted by Crippen LogP contribution is -2.22. The molecule has 1 amide bonds. The van der Waals surface area contributed by atoms with Crippen molar-refractivity contribution in [1.29, 1.82) is 0 Å². The van der Waals surface area contributed by atoms with Gasteiger partial charge in [-0.25, -0.2) is 0 Å². The van der Waals surface area contributed by atoms with Gasteiger partial charge in [0, 0.05) is 6.04 Å². The van der Waals surface area contributed by atoms with Crippen molar-refractivity contribution in [2.24, 2.45) is 0 Å². The minimum atomic E-state index is 0.227. The summed E-state index contributed by atoms with van der Waals surface area (Å²) >= 11 is 0. The molecule has 0 fully saturated rings. The molecule has 2 heteroatoms. The maximum Gasteiger partial charge on any atom is 0.213 e. The van der Waals surface area contributed by atoms with Crippen molar-refractivity contribution in [1.82, 2.24) is 4.90 Å². The van der Waals surface area contributed by atoms with E-state index in [9.17, 15) is 4.79 Å². The molecule has 0 aliphatic carbocycles. The summed E-state index contributed by atoms with van der Waals surface area (Å²) in [6.45, 7) is 7.30. The van der Waals surface area contributed by atoms with Gasteiger partial charge in [0.25, 0.3) is 0 Å². The average Bonchev–Trinajstić information content (AvgIpc) is 1.69. The van der Waals surface area contributed by atoms with Crippen molar-refractivity contribution in [3.8, 4) is 0 Å². The number of hydrogen-bond acceptors (Lipinski definition) is 1. The number of hydrogen-bond donors (Lipinski definition) is 0. The van der Waals surface area contributed by atoms with E-state index < -0.39 is 0 Å². The van der Waals surface area contributed by atoms with Gasteiger partial charge in [-0.15, -0.1) is 0 Å². The molecule has 0 N–H and O–H groups in total. The highest BCUT2D eigenvalue weighted by Crippen LogP contribution is 1.91. The van der Waals surface area contributed by atoms with E-state index in [1.165, 1.54) is 11.1 Å². The van der Waals surface area contributed by atoms with Gasteiger partial charge in [-0.05, 0) is 20.0 Å². The number of nitrogens with zero attached hydrogens (tertiary/aromatic N) is 1. The van der Waals surface area contributed by atoms with E-state index in [4.69, 9.17) is 0 Å². The van der Waals surface area contributed by atoms with Crippen molar-refractivity contribution in [3.05, 3.63) is 12.8 Å².